The molecule has 0 spiro atoms. The summed E-state index contributed by atoms with van der Waals surface area (Å²) in [5.41, 5.74) is 0. The summed E-state index contributed by atoms with van der Waals surface area (Å²) in [5.74, 6) is 0.260. The van der Waals surface area contributed by atoms with Gasteiger partial charge in [-0.15, -0.1) is 11.8 Å². The van der Waals surface area contributed by atoms with Crippen LogP contribution in [0.2, 0.25) is 0 Å². The van der Waals surface area contributed by atoms with Gasteiger partial charge in [0.1, 0.15) is 0 Å². The van der Waals surface area contributed by atoms with Gasteiger partial charge in [-0.1, -0.05) is 18.3 Å². The van der Waals surface area contributed by atoms with Gasteiger partial charge in [-0.25, -0.2) is 9.78 Å². The Morgan fingerprint density at radius 2 is 1.79 bits per heavy atom. The van der Waals surface area contributed by atoms with Crippen LogP contribution in [0.3, 0.4) is 0 Å². The lowest BCUT2D eigenvalue weighted by Gasteiger charge is -2.44. The maximum Gasteiger partial charge on any atom is 0.324 e. The summed E-state index contributed by atoms with van der Waals surface area (Å²) in [6.07, 6.45) is 6.96. The van der Waals surface area contributed by atoms with E-state index in [9.17, 15) is 18.0 Å². The first kappa shape index (κ1) is 27.2. The Morgan fingerprint density at radius 1 is 1.18 bits per heavy atom. The van der Waals surface area contributed by atoms with Gasteiger partial charge in [0, 0.05) is 45.0 Å². The highest BCUT2D eigenvalue weighted by Crippen LogP contribution is 2.33. The average molecular weight is 534 g/mol. The minimum atomic E-state index is -3.46. The number of thiazole rings is 1. The molecule has 13 heteroatoms. The minimum absolute atomic E-state index is 0.0311. The van der Waals surface area contributed by atoms with Crippen molar-refractivity contribution in [2.75, 3.05) is 38.3 Å². The zero-order valence-corrected chi connectivity index (χ0v) is 22.4. The van der Waals surface area contributed by atoms with Gasteiger partial charge in [-0.3, -0.25) is 10.1 Å². The van der Waals surface area contributed by atoms with Crippen molar-refractivity contribution in [2.45, 2.75) is 68.2 Å². The Morgan fingerprint density at radius 3 is 2.38 bits per heavy atom. The second kappa shape index (κ2) is 12.0. The van der Waals surface area contributed by atoms with Crippen molar-refractivity contribution in [3.63, 3.8) is 0 Å². The Kier molecular flexibility index (Phi) is 9.61. The molecule has 0 atom stereocenters. The standard InChI is InChI=1S/C21H35N5O5S3/c1-15-4-6-16(7-5-15)26(17-8-11-25(12-9-17)34(30,31)24(2)3)21(29)23-20-22-14-19(33-20)32-13-10-18(27)28/h14-17H,4-13H2,1-3H3,(H,27,28)(H,22,23,29). The van der Waals surface area contributed by atoms with E-state index in [2.05, 4.69) is 17.2 Å². The smallest absolute Gasteiger partial charge is 0.324 e. The van der Waals surface area contributed by atoms with Crippen molar-refractivity contribution in [1.82, 2.24) is 18.5 Å². The highest BCUT2D eigenvalue weighted by molar-refractivity contribution is 8.01. The van der Waals surface area contributed by atoms with E-state index >= 15 is 0 Å². The first-order valence-corrected chi connectivity index (χ1v) is 14.8. The van der Waals surface area contributed by atoms with E-state index in [1.807, 2.05) is 4.90 Å². The monoisotopic (exact) mass is 533 g/mol. The molecule has 34 heavy (non-hydrogen) atoms. The molecule has 192 valence electrons. The van der Waals surface area contributed by atoms with Gasteiger partial charge in [0.05, 0.1) is 16.8 Å². The molecule has 0 bridgehead atoms. The largest absolute Gasteiger partial charge is 0.481 e. The molecule has 2 heterocycles. The normalized spacial score (nSPS) is 22.6. The van der Waals surface area contributed by atoms with Crippen LogP contribution in [0.15, 0.2) is 10.4 Å². The van der Waals surface area contributed by atoms with Gasteiger partial charge < -0.3 is 10.0 Å². The lowest BCUT2D eigenvalue weighted by molar-refractivity contribution is -0.136. The number of aromatic nitrogens is 1. The highest BCUT2D eigenvalue weighted by Gasteiger charge is 2.37. The number of carbonyl (C=O) groups is 2. The molecule has 1 aliphatic carbocycles. The molecule has 3 rings (SSSR count). The third kappa shape index (κ3) is 7.06. The average Bonchev–Trinajstić information content (AvgIpc) is 3.22. The summed E-state index contributed by atoms with van der Waals surface area (Å²) in [5, 5.41) is 12.2. The van der Waals surface area contributed by atoms with Gasteiger partial charge in [0.2, 0.25) is 0 Å². The third-order valence-corrected chi connectivity index (χ3v) is 10.5. The van der Waals surface area contributed by atoms with Crippen LogP contribution in [0.1, 0.15) is 51.9 Å². The minimum Gasteiger partial charge on any atom is -0.481 e. The number of amides is 2. The van der Waals surface area contributed by atoms with Crippen LogP contribution in [-0.4, -0.2) is 89.0 Å². The number of hydrogen-bond acceptors (Lipinski definition) is 7. The molecular weight excluding hydrogens is 498 g/mol. The number of carbonyl (C=O) groups excluding carboxylic acids is 1. The summed E-state index contributed by atoms with van der Waals surface area (Å²) in [7, 11) is -0.392. The molecular formula is C21H35N5O5S3. The van der Waals surface area contributed by atoms with Crippen LogP contribution in [0, 0.1) is 5.92 Å². The summed E-state index contributed by atoms with van der Waals surface area (Å²) in [4.78, 5) is 30.4. The predicted molar refractivity (Wildman–Crippen MR) is 135 cm³/mol. The highest BCUT2D eigenvalue weighted by atomic mass is 32.2. The van der Waals surface area contributed by atoms with Crippen LogP contribution in [0.4, 0.5) is 9.93 Å². The molecule has 1 saturated carbocycles. The first-order valence-electron chi connectivity index (χ1n) is 11.6. The summed E-state index contributed by atoms with van der Waals surface area (Å²) >= 11 is 2.75. The van der Waals surface area contributed by atoms with Crippen LogP contribution >= 0.6 is 23.1 Å². The van der Waals surface area contributed by atoms with Gasteiger partial charge in [-0.05, 0) is 44.4 Å². The zero-order chi connectivity index (χ0) is 24.9. The van der Waals surface area contributed by atoms with E-state index in [1.165, 1.54) is 45.8 Å². The zero-order valence-electron chi connectivity index (χ0n) is 20.0. The lowest BCUT2D eigenvalue weighted by Crippen LogP contribution is -2.55. The number of nitrogens with zero attached hydrogens (tertiary/aromatic N) is 4. The molecule has 0 radical (unpaired) electrons. The Hall–Kier alpha value is -1.41. The molecule has 10 nitrogen and oxygen atoms in total. The summed E-state index contributed by atoms with van der Waals surface area (Å²) in [6.45, 7) is 3.02. The Balaban J connectivity index is 1.67. The number of carboxylic acid groups (broad SMARTS) is 1. The SMILES string of the molecule is CC1CCC(N(C(=O)Nc2ncc(SCCC(=O)O)s2)C2CCN(S(=O)(=O)N(C)C)CC2)CC1. The predicted octanol–water partition coefficient (Wildman–Crippen LogP) is 3.39. The third-order valence-electron chi connectivity index (χ3n) is 6.48. The second-order valence-electron chi connectivity index (χ2n) is 9.15. The van der Waals surface area contributed by atoms with E-state index in [0.29, 0.717) is 42.7 Å². The second-order valence-corrected chi connectivity index (χ2v) is 13.7. The molecule has 1 aliphatic heterocycles. The van der Waals surface area contributed by atoms with Gasteiger partial charge in [0.15, 0.2) is 5.13 Å². The van der Waals surface area contributed by atoms with Gasteiger partial charge in [0.25, 0.3) is 10.2 Å². The quantitative estimate of drug-likeness (QED) is 0.466. The molecule has 1 saturated heterocycles. The molecule has 2 aliphatic rings. The number of nitrogens with one attached hydrogen (secondary N) is 1. The molecule has 0 unspecified atom stereocenters. The summed E-state index contributed by atoms with van der Waals surface area (Å²) < 4.78 is 28.6. The van der Waals surface area contributed by atoms with E-state index in [0.717, 1.165) is 29.9 Å². The van der Waals surface area contributed by atoms with Gasteiger partial charge in [-0.2, -0.15) is 17.0 Å². The van der Waals surface area contributed by atoms with E-state index in [4.69, 9.17) is 5.11 Å². The van der Waals surface area contributed by atoms with Crippen LogP contribution in [0.5, 0.6) is 0 Å². The molecule has 2 fully saturated rings. The fourth-order valence-corrected chi connectivity index (χ4v) is 7.51. The maximum absolute atomic E-state index is 13.4. The molecule has 2 N–H and O–H groups in total. The number of aliphatic carboxylic acids is 1. The van der Waals surface area contributed by atoms with Crippen LogP contribution in [-0.2, 0) is 15.0 Å². The van der Waals surface area contributed by atoms with Gasteiger partial charge >= 0.3 is 12.0 Å². The summed E-state index contributed by atoms with van der Waals surface area (Å²) in [6, 6.07) is -0.0936. The number of thioether (sulfide) groups is 1. The fourth-order valence-electron chi connectivity index (χ4n) is 4.51. The first-order chi connectivity index (χ1) is 16.1. The molecule has 0 aromatic carbocycles. The number of anilines is 1. The van der Waals surface area contributed by atoms with Crippen LogP contribution < -0.4 is 5.32 Å². The van der Waals surface area contributed by atoms with E-state index in [-0.39, 0.29) is 24.5 Å². The number of piperidine rings is 1. The van der Waals surface area contributed by atoms with Crippen molar-refractivity contribution in [3.05, 3.63) is 6.20 Å². The number of urea groups is 1. The topological polar surface area (TPSA) is 123 Å². The van der Waals surface area contributed by atoms with E-state index in [1.54, 1.807) is 6.20 Å². The number of carboxylic acids is 1. The molecule has 2 amide bonds. The van der Waals surface area contributed by atoms with Crippen LogP contribution in [0.25, 0.3) is 0 Å². The maximum atomic E-state index is 13.4. The Labute approximate surface area is 210 Å². The van der Waals surface area contributed by atoms with Crippen molar-refractivity contribution < 1.29 is 23.1 Å². The molecule has 1 aromatic heterocycles. The lowest BCUT2D eigenvalue weighted by atomic mass is 9.85. The van der Waals surface area contributed by atoms with Crippen molar-refractivity contribution >= 4 is 50.4 Å². The van der Waals surface area contributed by atoms with Crippen molar-refractivity contribution in [3.8, 4) is 0 Å². The van der Waals surface area contributed by atoms with Crippen molar-refractivity contribution in [2.24, 2.45) is 5.92 Å². The van der Waals surface area contributed by atoms with E-state index < -0.39 is 16.2 Å². The fraction of sp³-hybridized carbons (Fsp3) is 0.762. The molecule has 1 aromatic rings. The Bertz CT molecular complexity index is 938. The number of rotatable bonds is 9. The van der Waals surface area contributed by atoms with Crippen molar-refractivity contribution in [1.29, 1.82) is 0 Å². The number of hydrogen-bond donors (Lipinski definition) is 2.